The second-order valence-corrected chi connectivity index (χ2v) is 3.07. The van der Waals surface area contributed by atoms with Gasteiger partial charge in [0.1, 0.15) is 0 Å². The molecule has 0 aliphatic heterocycles. The Hall–Kier alpha value is -1.17. The minimum atomic E-state index is -0.485. The third-order valence-electron chi connectivity index (χ3n) is 1.38. The molecule has 70 valence electrons. The Morgan fingerprint density at radius 3 is 3.15 bits per heavy atom. The molecular weight excluding hydrogens is 238 g/mol. The quantitative estimate of drug-likeness (QED) is 0.502. The number of alkyl halides is 1. The number of aromatic nitrogens is 2. The summed E-state index contributed by atoms with van der Waals surface area (Å²) in [5.41, 5.74) is 0.367. The van der Waals surface area contributed by atoms with Crippen molar-refractivity contribution in [2.24, 2.45) is 0 Å². The second kappa shape index (κ2) is 4.76. The molecule has 0 aliphatic rings. The molecule has 0 aliphatic carbocycles. The zero-order valence-corrected chi connectivity index (χ0v) is 8.32. The van der Waals surface area contributed by atoms with Gasteiger partial charge in [-0.15, -0.1) is 0 Å². The van der Waals surface area contributed by atoms with Crippen LogP contribution in [0.1, 0.15) is 12.1 Å². The Balaban J connectivity index is 2.76. The predicted molar refractivity (Wildman–Crippen MR) is 52.7 cm³/mol. The molecule has 1 N–H and O–H groups in total. The van der Waals surface area contributed by atoms with Crippen LogP contribution in [0.3, 0.4) is 0 Å². The van der Waals surface area contributed by atoms with E-state index in [1.165, 1.54) is 6.33 Å². The molecule has 0 unspecified atom stereocenters. The van der Waals surface area contributed by atoms with E-state index in [-0.39, 0.29) is 5.82 Å². The van der Waals surface area contributed by atoms with Gasteiger partial charge in [-0.2, -0.15) is 0 Å². The first-order chi connectivity index (χ1) is 6.25. The summed E-state index contributed by atoms with van der Waals surface area (Å²) in [6, 6.07) is 0. The van der Waals surface area contributed by atoms with Crippen molar-refractivity contribution in [1.82, 2.24) is 9.97 Å². The molecule has 1 aromatic rings. The number of imidazole rings is 1. The SMILES string of the molecule is O=[N+]([O-])c1[nH]cnc1C=CCCBr. The van der Waals surface area contributed by atoms with Crippen molar-refractivity contribution in [3.05, 3.63) is 28.2 Å². The van der Waals surface area contributed by atoms with Crippen molar-refractivity contribution >= 4 is 27.8 Å². The number of H-pyrrole nitrogens is 1. The van der Waals surface area contributed by atoms with E-state index in [4.69, 9.17) is 0 Å². The van der Waals surface area contributed by atoms with E-state index in [1.807, 2.05) is 6.08 Å². The first-order valence-electron chi connectivity index (χ1n) is 3.66. The molecule has 1 rings (SSSR count). The van der Waals surface area contributed by atoms with Gasteiger partial charge in [-0.1, -0.05) is 22.0 Å². The maximum Gasteiger partial charge on any atom is 0.347 e. The number of nitrogens with zero attached hydrogens (tertiary/aromatic N) is 2. The van der Waals surface area contributed by atoms with E-state index in [9.17, 15) is 10.1 Å². The Morgan fingerprint density at radius 2 is 2.54 bits per heavy atom. The van der Waals surface area contributed by atoms with Crippen molar-refractivity contribution in [1.29, 1.82) is 0 Å². The van der Waals surface area contributed by atoms with E-state index in [1.54, 1.807) is 6.08 Å². The van der Waals surface area contributed by atoms with Crippen molar-refractivity contribution in [2.45, 2.75) is 6.42 Å². The summed E-state index contributed by atoms with van der Waals surface area (Å²) in [5, 5.41) is 11.2. The van der Waals surface area contributed by atoms with Crippen molar-refractivity contribution in [3.63, 3.8) is 0 Å². The average molecular weight is 246 g/mol. The fourth-order valence-electron chi connectivity index (χ4n) is 0.824. The normalized spacial score (nSPS) is 10.8. The molecule has 0 atom stereocenters. The van der Waals surface area contributed by atoms with Crippen LogP contribution in [0.5, 0.6) is 0 Å². The van der Waals surface area contributed by atoms with Crippen LogP contribution in [0, 0.1) is 10.1 Å². The van der Waals surface area contributed by atoms with Gasteiger partial charge >= 0.3 is 5.82 Å². The number of rotatable bonds is 4. The summed E-state index contributed by atoms with van der Waals surface area (Å²) >= 11 is 3.25. The number of hydrogen-bond donors (Lipinski definition) is 1. The van der Waals surface area contributed by atoms with E-state index in [0.29, 0.717) is 5.69 Å². The minimum Gasteiger partial charge on any atom is -0.358 e. The highest BCUT2D eigenvalue weighted by atomic mass is 79.9. The van der Waals surface area contributed by atoms with Crippen LogP contribution >= 0.6 is 15.9 Å². The summed E-state index contributed by atoms with van der Waals surface area (Å²) in [6.07, 6.45) is 5.60. The third-order valence-corrected chi connectivity index (χ3v) is 1.84. The van der Waals surface area contributed by atoms with Crippen LogP contribution in [0.25, 0.3) is 6.08 Å². The molecule has 0 saturated carbocycles. The van der Waals surface area contributed by atoms with E-state index in [2.05, 4.69) is 25.9 Å². The fraction of sp³-hybridized carbons (Fsp3) is 0.286. The number of aromatic amines is 1. The van der Waals surface area contributed by atoms with Gasteiger partial charge in [-0.3, -0.25) is 0 Å². The maximum absolute atomic E-state index is 10.4. The fourth-order valence-corrected chi connectivity index (χ4v) is 1.09. The lowest BCUT2D eigenvalue weighted by Crippen LogP contribution is -1.89. The van der Waals surface area contributed by atoms with Gasteiger partial charge in [0.25, 0.3) is 0 Å². The summed E-state index contributed by atoms with van der Waals surface area (Å²) < 4.78 is 0. The van der Waals surface area contributed by atoms with E-state index in [0.717, 1.165) is 11.8 Å². The second-order valence-electron chi connectivity index (χ2n) is 2.27. The van der Waals surface area contributed by atoms with Crippen LogP contribution in [-0.4, -0.2) is 20.2 Å². The molecule has 0 amide bonds. The minimum absolute atomic E-state index is 0.0641. The lowest BCUT2D eigenvalue weighted by Gasteiger charge is -1.90. The first-order valence-corrected chi connectivity index (χ1v) is 4.78. The molecular formula is C7H8BrN3O2. The maximum atomic E-state index is 10.4. The Kier molecular flexibility index (Phi) is 3.63. The van der Waals surface area contributed by atoms with Crippen LogP contribution in [0.4, 0.5) is 5.82 Å². The lowest BCUT2D eigenvalue weighted by molar-refractivity contribution is -0.389. The summed E-state index contributed by atoms with van der Waals surface area (Å²) in [4.78, 5) is 16.2. The number of nitro groups is 1. The Bertz CT molecular complexity index is 321. The van der Waals surface area contributed by atoms with Gasteiger partial charge < -0.3 is 10.1 Å². The highest BCUT2D eigenvalue weighted by molar-refractivity contribution is 9.09. The summed E-state index contributed by atoms with van der Waals surface area (Å²) in [7, 11) is 0. The van der Waals surface area contributed by atoms with Crippen LogP contribution < -0.4 is 0 Å². The predicted octanol–water partition coefficient (Wildman–Crippen LogP) is 2.12. The average Bonchev–Trinajstić information content (AvgIpc) is 2.53. The Morgan fingerprint density at radius 1 is 1.77 bits per heavy atom. The molecule has 1 heterocycles. The third kappa shape index (κ3) is 2.66. The van der Waals surface area contributed by atoms with Gasteiger partial charge in [-0.25, -0.2) is 9.97 Å². The topological polar surface area (TPSA) is 71.8 Å². The van der Waals surface area contributed by atoms with Crippen LogP contribution in [-0.2, 0) is 0 Å². The number of hydrogen-bond acceptors (Lipinski definition) is 3. The molecule has 0 fully saturated rings. The van der Waals surface area contributed by atoms with Crippen LogP contribution in [0.2, 0.25) is 0 Å². The monoisotopic (exact) mass is 245 g/mol. The molecule has 1 aromatic heterocycles. The standard InChI is InChI=1S/C7H8BrN3O2/c8-4-2-1-3-6-7(11(12)13)10-5-9-6/h1,3,5H,2,4H2,(H,9,10). The molecule has 0 bridgehead atoms. The lowest BCUT2D eigenvalue weighted by atomic mass is 10.3. The molecule has 5 nitrogen and oxygen atoms in total. The van der Waals surface area contributed by atoms with Gasteiger partial charge in [0.15, 0.2) is 12.0 Å². The molecule has 0 aromatic carbocycles. The summed E-state index contributed by atoms with van der Waals surface area (Å²) in [5.74, 6) is -0.0641. The van der Waals surface area contributed by atoms with Gasteiger partial charge in [0.05, 0.1) is 0 Å². The molecule has 6 heteroatoms. The number of nitrogens with one attached hydrogen (secondary N) is 1. The number of allylic oxidation sites excluding steroid dienone is 1. The number of halogens is 1. The van der Waals surface area contributed by atoms with E-state index < -0.39 is 4.92 Å². The highest BCUT2D eigenvalue weighted by Gasteiger charge is 2.11. The Labute approximate surface area is 83.2 Å². The summed E-state index contributed by atoms with van der Waals surface area (Å²) in [6.45, 7) is 0. The van der Waals surface area contributed by atoms with Crippen molar-refractivity contribution in [3.8, 4) is 0 Å². The highest BCUT2D eigenvalue weighted by Crippen LogP contribution is 2.13. The van der Waals surface area contributed by atoms with E-state index >= 15 is 0 Å². The smallest absolute Gasteiger partial charge is 0.347 e. The molecule has 0 saturated heterocycles. The molecule has 0 radical (unpaired) electrons. The van der Waals surface area contributed by atoms with Crippen LogP contribution in [0.15, 0.2) is 12.4 Å². The molecule has 13 heavy (non-hydrogen) atoms. The molecule has 0 spiro atoms. The zero-order chi connectivity index (χ0) is 9.68. The van der Waals surface area contributed by atoms with Gasteiger partial charge in [-0.05, 0) is 17.4 Å². The van der Waals surface area contributed by atoms with Gasteiger partial charge in [0, 0.05) is 5.33 Å². The van der Waals surface area contributed by atoms with Crippen molar-refractivity contribution < 1.29 is 4.92 Å². The van der Waals surface area contributed by atoms with Crippen molar-refractivity contribution in [2.75, 3.05) is 5.33 Å². The first kappa shape index (κ1) is 9.91. The zero-order valence-electron chi connectivity index (χ0n) is 6.74. The largest absolute Gasteiger partial charge is 0.358 e. The van der Waals surface area contributed by atoms with Gasteiger partial charge in [0.2, 0.25) is 0 Å².